The summed E-state index contributed by atoms with van der Waals surface area (Å²) < 4.78 is 1.28. The van der Waals surface area contributed by atoms with E-state index in [9.17, 15) is 9.90 Å². The van der Waals surface area contributed by atoms with Crippen LogP contribution in [0.2, 0.25) is 0 Å². The second-order valence-electron chi connectivity index (χ2n) is 8.31. The predicted molar refractivity (Wildman–Crippen MR) is 127 cm³/mol. The zero-order valence-corrected chi connectivity index (χ0v) is 20.6. The van der Waals surface area contributed by atoms with E-state index in [4.69, 9.17) is 0 Å². The van der Waals surface area contributed by atoms with Crippen LogP contribution in [-0.4, -0.2) is 36.6 Å². The summed E-state index contributed by atoms with van der Waals surface area (Å²) >= 11 is 0. The van der Waals surface area contributed by atoms with Gasteiger partial charge in [-0.05, 0) is 66.2 Å². The average Bonchev–Trinajstić information content (AvgIpc) is 2.73. The minimum atomic E-state index is -0.914. The summed E-state index contributed by atoms with van der Waals surface area (Å²) in [6.45, 7) is 16.5. The fourth-order valence-corrected chi connectivity index (χ4v) is 3.68. The Balaban J connectivity index is 0. The van der Waals surface area contributed by atoms with Gasteiger partial charge in [-0.1, -0.05) is 70.4 Å². The van der Waals surface area contributed by atoms with E-state index < -0.39 is 5.97 Å². The number of unbranched alkanes of at least 4 members (excludes halogenated alkanes) is 11. The van der Waals surface area contributed by atoms with Gasteiger partial charge in [-0.25, -0.2) is 0 Å². The van der Waals surface area contributed by atoms with E-state index >= 15 is 0 Å². The zero-order valence-electron chi connectivity index (χ0n) is 20.6. The highest BCUT2D eigenvalue weighted by Gasteiger charge is 2.16. The number of hydrogen-bond donors (Lipinski definition) is 0. The first-order valence-electron chi connectivity index (χ1n) is 12.7. The average molecular weight is 412 g/mol. The Labute approximate surface area is 183 Å². The Morgan fingerprint density at radius 2 is 1.00 bits per heavy atom. The van der Waals surface area contributed by atoms with Crippen molar-refractivity contribution >= 4 is 5.97 Å². The first kappa shape index (κ1) is 30.4. The van der Waals surface area contributed by atoms with E-state index in [2.05, 4.69) is 46.8 Å². The zero-order chi connectivity index (χ0) is 22.2. The number of carboxylic acids is 1. The fraction of sp³-hybridized carbons (Fsp3) is 0.885. The summed E-state index contributed by atoms with van der Waals surface area (Å²) in [6, 6.07) is 0. The molecule has 0 saturated carbocycles. The summed E-state index contributed by atoms with van der Waals surface area (Å²) in [4.78, 5) is 10.2. The molecule has 0 aliphatic rings. The van der Waals surface area contributed by atoms with Gasteiger partial charge in [0.05, 0.1) is 26.2 Å². The lowest BCUT2D eigenvalue weighted by atomic mass is 10.1. The maximum atomic E-state index is 10.2. The van der Waals surface area contributed by atoms with Gasteiger partial charge < -0.3 is 14.4 Å². The van der Waals surface area contributed by atoms with Crippen LogP contribution in [0.1, 0.15) is 125 Å². The predicted octanol–water partition coefficient (Wildman–Crippen LogP) is 6.66. The topological polar surface area (TPSA) is 40.1 Å². The lowest BCUT2D eigenvalue weighted by molar-refractivity contribution is -0.921. The van der Waals surface area contributed by atoms with Crippen molar-refractivity contribution in [1.82, 2.24) is 0 Å². The van der Waals surface area contributed by atoms with Gasteiger partial charge >= 0.3 is 0 Å². The molecule has 3 heteroatoms. The molecule has 0 N–H and O–H groups in total. The second-order valence-corrected chi connectivity index (χ2v) is 8.31. The van der Waals surface area contributed by atoms with Crippen molar-refractivity contribution in [3.8, 4) is 0 Å². The third-order valence-electron chi connectivity index (χ3n) is 6.33. The van der Waals surface area contributed by atoms with Crippen LogP contribution in [0.3, 0.4) is 0 Å². The highest BCUT2D eigenvalue weighted by atomic mass is 16.4. The molecule has 0 unspecified atom stereocenters. The van der Waals surface area contributed by atoms with Gasteiger partial charge in [0.1, 0.15) is 0 Å². The van der Waals surface area contributed by atoms with E-state index in [1.807, 2.05) is 0 Å². The van der Waals surface area contributed by atoms with Gasteiger partial charge in [-0.15, -0.1) is 0 Å². The van der Waals surface area contributed by atoms with Crippen molar-refractivity contribution in [3.05, 3.63) is 12.2 Å². The van der Waals surface area contributed by atoms with Gasteiger partial charge in [0, 0.05) is 5.97 Å². The van der Waals surface area contributed by atoms with Gasteiger partial charge in [0.15, 0.2) is 0 Å². The standard InChI is InChI=1S/C18H34O2.C8H20N/c1-2-3-4-5-6-7-8-9-10-11-12-13-14-15-16-17-18(19)20;1-5-9(6-2,7-3)8-4/h9-10H,2-8,11-17H2,1H3,(H,19,20);5-8H2,1-4H3/q;+1/p-1. The number of aliphatic carboxylic acids is 1. The summed E-state index contributed by atoms with van der Waals surface area (Å²) in [6.07, 6.45) is 20.9. The van der Waals surface area contributed by atoms with Crippen LogP contribution < -0.4 is 5.11 Å². The number of hydrogen-bond acceptors (Lipinski definition) is 2. The summed E-state index contributed by atoms with van der Waals surface area (Å²) in [5.41, 5.74) is 0. The highest BCUT2D eigenvalue weighted by molar-refractivity contribution is 5.63. The Bertz CT molecular complexity index is 344. The van der Waals surface area contributed by atoms with Gasteiger partial charge in [0.2, 0.25) is 0 Å². The molecule has 0 aromatic heterocycles. The number of nitrogens with zero attached hydrogens (tertiary/aromatic N) is 1. The SMILES string of the molecule is CCCCCCCCC=CCCCCCCCC(=O)[O-].CC[N+](CC)(CC)CC. The van der Waals surface area contributed by atoms with Crippen molar-refractivity contribution in [1.29, 1.82) is 0 Å². The summed E-state index contributed by atoms with van der Waals surface area (Å²) in [5, 5.41) is 10.2. The number of rotatable bonds is 19. The van der Waals surface area contributed by atoms with E-state index in [-0.39, 0.29) is 6.42 Å². The first-order chi connectivity index (χ1) is 14.0. The Hall–Kier alpha value is -0.830. The van der Waals surface area contributed by atoms with Crippen molar-refractivity contribution in [2.75, 3.05) is 26.2 Å². The van der Waals surface area contributed by atoms with Crippen LogP contribution in [0.25, 0.3) is 0 Å². The van der Waals surface area contributed by atoms with Gasteiger partial charge in [-0.2, -0.15) is 0 Å². The first-order valence-corrected chi connectivity index (χ1v) is 12.7. The molecule has 29 heavy (non-hydrogen) atoms. The quantitative estimate of drug-likeness (QED) is 0.135. The molecule has 174 valence electrons. The molecule has 0 spiro atoms. The lowest BCUT2D eigenvalue weighted by Gasteiger charge is -2.34. The molecule has 0 aromatic rings. The van der Waals surface area contributed by atoms with Gasteiger partial charge in [-0.3, -0.25) is 0 Å². The van der Waals surface area contributed by atoms with Crippen LogP contribution in [0.4, 0.5) is 0 Å². The molecule has 0 aliphatic carbocycles. The van der Waals surface area contributed by atoms with E-state index in [0.717, 1.165) is 19.3 Å². The third kappa shape index (κ3) is 21.7. The molecule has 0 fully saturated rings. The molecule has 0 heterocycles. The number of allylic oxidation sites excluding steroid dienone is 2. The normalized spacial score (nSPS) is 11.5. The summed E-state index contributed by atoms with van der Waals surface area (Å²) in [7, 11) is 0. The van der Waals surface area contributed by atoms with Gasteiger partial charge in [0.25, 0.3) is 0 Å². The molecule has 0 amide bonds. The number of carboxylic acid groups (broad SMARTS) is 1. The molecule has 0 aliphatic heterocycles. The van der Waals surface area contributed by atoms with Crippen LogP contribution in [0, 0.1) is 0 Å². The third-order valence-corrected chi connectivity index (χ3v) is 6.33. The Morgan fingerprint density at radius 3 is 1.34 bits per heavy atom. The largest absolute Gasteiger partial charge is 0.550 e. The highest BCUT2D eigenvalue weighted by Crippen LogP contribution is 2.09. The van der Waals surface area contributed by atoms with Crippen molar-refractivity contribution in [3.63, 3.8) is 0 Å². The maximum Gasteiger partial charge on any atom is 0.0757 e. The van der Waals surface area contributed by atoms with Crippen LogP contribution in [0.15, 0.2) is 12.2 Å². The van der Waals surface area contributed by atoms with E-state index in [1.165, 1.54) is 94.9 Å². The van der Waals surface area contributed by atoms with Crippen LogP contribution >= 0.6 is 0 Å². The Morgan fingerprint density at radius 1 is 0.621 bits per heavy atom. The minimum absolute atomic E-state index is 0.220. The van der Waals surface area contributed by atoms with Crippen LogP contribution in [-0.2, 0) is 4.79 Å². The number of carbonyl (C=O) groups excluding carboxylic acids is 1. The molecule has 0 radical (unpaired) electrons. The molecular formula is C26H53NO2. The summed E-state index contributed by atoms with van der Waals surface area (Å²) in [5.74, 6) is -0.914. The molecule has 0 rings (SSSR count). The van der Waals surface area contributed by atoms with Crippen molar-refractivity contribution < 1.29 is 14.4 Å². The van der Waals surface area contributed by atoms with Crippen LogP contribution in [0.5, 0.6) is 0 Å². The number of quaternary nitrogens is 1. The maximum absolute atomic E-state index is 10.2. The smallest absolute Gasteiger partial charge is 0.0757 e. The second kappa shape index (κ2) is 23.4. The Kier molecular flexibility index (Phi) is 24.6. The molecule has 3 nitrogen and oxygen atoms in total. The number of carbonyl (C=O) groups is 1. The molecular weight excluding hydrogens is 358 g/mol. The molecule has 0 atom stereocenters. The molecule has 0 bridgehead atoms. The van der Waals surface area contributed by atoms with E-state index in [1.54, 1.807) is 0 Å². The molecule has 0 saturated heterocycles. The monoisotopic (exact) mass is 411 g/mol. The lowest BCUT2D eigenvalue weighted by Crippen LogP contribution is -2.47. The minimum Gasteiger partial charge on any atom is -0.550 e. The van der Waals surface area contributed by atoms with E-state index in [0.29, 0.717) is 0 Å². The molecule has 0 aromatic carbocycles. The fourth-order valence-electron chi connectivity index (χ4n) is 3.68. The van der Waals surface area contributed by atoms with Crippen molar-refractivity contribution in [2.45, 2.75) is 125 Å². The van der Waals surface area contributed by atoms with Crippen molar-refractivity contribution in [2.24, 2.45) is 0 Å².